The highest BCUT2D eigenvalue weighted by molar-refractivity contribution is 9.09. The van der Waals surface area contributed by atoms with Crippen molar-refractivity contribution in [3.8, 4) is 0 Å². The number of hydrogen-bond acceptors (Lipinski definition) is 2. The van der Waals surface area contributed by atoms with E-state index in [1.54, 1.807) is 0 Å². The zero-order valence-electron chi connectivity index (χ0n) is 11.8. The molecule has 0 bridgehead atoms. The molecule has 0 radical (unpaired) electrons. The summed E-state index contributed by atoms with van der Waals surface area (Å²) in [5.74, 6) is -1.06. The van der Waals surface area contributed by atoms with Crippen molar-refractivity contribution in [2.75, 3.05) is 5.33 Å². The number of rotatable bonds is 13. The van der Waals surface area contributed by atoms with Crippen LogP contribution in [0, 0.1) is 5.92 Å². The summed E-state index contributed by atoms with van der Waals surface area (Å²) in [6.07, 6.45) is 12.3. The molecule has 0 N–H and O–H groups in total. The lowest BCUT2D eigenvalue weighted by molar-refractivity contribution is -0.312. The number of hydrogen-bond donors (Lipinski definition) is 0. The lowest BCUT2D eigenvalue weighted by Gasteiger charge is -2.17. The topological polar surface area (TPSA) is 40.1 Å². The van der Waals surface area contributed by atoms with E-state index in [1.165, 1.54) is 38.5 Å². The Kier molecular flexibility index (Phi) is 13.3. The van der Waals surface area contributed by atoms with Crippen LogP contribution in [0.4, 0.5) is 0 Å². The van der Waals surface area contributed by atoms with Crippen molar-refractivity contribution in [3.05, 3.63) is 0 Å². The van der Waals surface area contributed by atoms with Gasteiger partial charge in [0.25, 0.3) is 0 Å². The lowest BCUT2D eigenvalue weighted by atomic mass is 9.95. The molecule has 2 nitrogen and oxygen atoms in total. The minimum absolute atomic E-state index is 0.210. The molecule has 1 unspecified atom stereocenters. The van der Waals surface area contributed by atoms with Crippen LogP contribution in [-0.2, 0) is 4.79 Å². The van der Waals surface area contributed by atoms with Gasteiger partial charge in [-0.15, -0.1) is 0 Å². The summed E-state index contributed by atoms with van der Waals surface area (Å²) >= 11 is 3.43. The van der Waals surface area contributed by atoms with Gasteiger partial charge in [-0.3, -0.25) is 0 Å². The summed E-state index contributed by atoms with van der Waals surface area (Å²) in [6.45, 7) is 2.10. The molecule has 0 aliphatic rings. The van der Waals surface area contributed by atoms with Gasteiger partial charge >= 0.3 is 0 Å². The molecule has 0 rings (SSSR count). The Hall–Kier alpha value is -0.0500. The number of carboxylic acid groups (broad SMARTS) is 1. The smallest absolute Gasteiger partial charge is 0.0445 e. The highest BCUT2D eigenvalue weighted by atomic mass is 79.9. The Labute approximate surface area is 121 Å². The maximum absolute atomic E-state index is 10.9. The van der Waals surface area contributed by atoms with Crippen molar-refractivity contribution in [1.29, 1.82) is 0 Å². The summed E-state index contributed by atoms with van der Waals surface area (Å²) in [4.78, 5) is 10.9. The monoisotopic (exact) mass is 319 g/mol. The van der Waals surface area contributed by atoms with Crippen molar-refractivity contribution in [2.24, 2.45) is 5.92 Å². The van der Waals surface area contributed by atoms with E-state index in [9.17, 15) is 9.90 Å². The molecular formula is C15H28BrO2-. The van der Waals surface area contributed by atoms with E-state index in [4.69, 9.17) is 0 Å². The van der Waals surface area contributed by atoms with Crippen LogP contribution >= 0.6 is 15.9 Å². The van der Waals surface area contributed by atoms with E-state index >= 15 is 0 Å². The van der Waals surface area contributed by atoms with Gasteiger partial charge in [-0.2, -0.15) is 0 Å². The number of aliphatic carboxylic acids is 1. The molecule has 3 heteroatoms. The average Bonchev–Trinajstić information content (AvgIpc) is 2.35. The van der Waals surface area contributed by atoms with Crippen LogP contribution in [-0.4, -0.2) is 11.3 Å². The second-order valence-electron chi connectivity index (χ2n) is 5.11. The maximum Gasteiger partial charge on any atom is 0.0445 e. The van der Waals surface area contributed by atoms with Gasteiger partial charge in [-0.25, -0.2) is 0 Å². The first kappa shape index (κ1) is 17.9. The molecule has 0 saturated carbocycles. The van der Waals surface area contributed by atoms with E-state index in [-0.39, 0.29) is 5.92 Å². The van der Waals surface area contributed by atoms with Crippen LogP contribution in [0.3, 0.4) is 0 Å². The highest BCUT2D eigenvalue weighted by Crippen LogP contribution is 2.17. The molecular weight excluding hydrogens is 292 g/mol. The van der Waals surface area contributed by atoms with E-state index in [0.717, 1.165) is 37.4 Å². The molecule has 0 aromatic rings. The van der Waals surface area contributed by atoms with Gasteiger partial charge in [0.1, 0.15) is 0 Å². The van der Waals surface area contributed by atoms with Crippen molar-refractivity contribution >= 4 is 21.9 Å². The van der Waals surface area contributed by atoms with Gasteiger partial charge in [-0.05, 0) is 25.2 Å². The van der Waals surface area contributed by atoms with Gasteiger partial charge in [0.05, 0.1) is 0 Å². The number of halogens is 1. The minimum atomic E-state index is -0.847. The third kappa shape index (κ3) is 11.1. The average molecular weight is 320 g/mol. The molecule has 1 atom stereocenters. The fraction of sp³-hybridized carbons (Fsp3) is 0.933. The highest BCUT2D eigenvalue weighted by Gasteiger charge is 2.08. The summed E-state index contributed by atoms with van der Waals surface area (Å²) in [6, 6.07) is 0. The van der Waals surface area contributed by atoms with Crippen molar-refractivity contribution in [1.82, 2.24) is 0 Å². The number of carbonyl (C=O) groups is 1. The number of carboxylic acids is 1. The fourth-order valence-electron chi connectivity index (χ4n) is 2.20. The maximum atomic E-state index is 10.9. The van der Waals surface area contributed by atoms with Crippen LogP contribution < -0.4 is 5.11 Å². The van der Waals surface area contributed by atoms with Gasteiger partial charge in [0.2, 0.25) is 0 Å². The third-order valence-electron chi connectivity index (χ3n) is 3.43. The van der Waals surface area contributed by atoms with Gasteiger partial charge in [0.15, 0.2) is 0 Å². The zero-order chi connectivity index (χ0) is 13.6. The largest absolute Gasteiger partial charge is 0.550 e. The van der Waals surface area contributed by atoms with E-state index in [1.807, 2.05) is 0 Å². The molecule has 0 heterocycles. The standard InChI is InChI=1S/C15H29BrO2/c1-2-3-11-14(15(17)18)12-9-7-5-4-6-8-10-13-16/h14H,2-13H2,1H3,(H,17,18)/p-1. The van der Waals surface area contributed by atoms with E-state index in [0.29, 0.717) is 0 Å². The lowest BCUT2D eigenvalue weighted by Crippen LogP contribution is -2.31. The first-order valence-corrected chi connectivity index (χ1v) is 8.61. The molecule has 0 fully saturated rings. The minimum Gasteiger partial charge on any atom is -0.550 e. The van der Waals surface area contributed by atoms with Crippen LogP contribution in [0.25, 0.3) is 0 Å². The second-order valence-corrected chi connectivity index (χ2v) is 5.90. The first-order valence-electron chi connectivity index (χ1n) is 7.49. The Morgan fingerprint density at radius 3 is 1.94 bits per heavy atom. The summed E-state index contributed by atoms with van der Waals surface area (Å²) < 4.78 is 0. The predicted octanol–water partition coefficient (Wildman–Crippen LogP) is 4.06. The predicted molar refractivity (Wildman–Crippen MR) is 78.8 cm³/mol. The van der Waals surface area contributed by atoms with Crippen molar-refractivity contribution in [3.63, 3.8) is 0 Å². The molecule has 0 aromatic carbocycles. The van der Waals surface area contributed by atoms with Gasteiger partial charge < -0.3 is 9.90 Å². The first-order chi connectivity index (χ1) is 8.72. The number of unbranched alkanes of at least 4 members (excludes halogenated alkanes) is 7. The Bertz CT molecular complexity index is 195. The number of alkyl halides is 1. The summed E-state index contributed by atoms with van der Waals surface area (Å²) in [5.41, 5.74) is 0. The Balaban J connectivity index is 3.40. The molecule has 108 valence electrons. The zero-order valence-corrected chi connectivity index (χ0v) is 13.3. The Morgan fingerprint density at radius 2 is 1.44 bits per heavy atom. The third-order valence-corrected chi connectivity index (χ3v) is 3.99. The molecule has 0 aliphatic heterocycles. The fourth-order valence-corrected chi connectivity index (χ4v) is 2.60. The van der Waals surface area contributed by atoms with E-state index in [2.05, 4.69) is 22.9 Å². The quantitative estimate of drug-likeness (QED) is 0.379. The van der Waals surface area contributed by atoms with Gasteiger partial charge in [-0.1, -0.05) is 74.2 Å². The van der Waals surface area contributed by atoms with Gasteiger partial charge in [0, 0.05) is 11.3 Å². The second kappa shape index (κ2) is 13.4. The van der Waals surface area contributed by atoms with Crippen LogP contribution in [0.5, 0.6) is 0 Å². The van der Waals surface area contributed by atoms with Crippen molar-refractivity contribution in [2.45, 2.75) is 77.6 Å². The molecule has 0 aromatic heterocycles. The molecule has 0 spiro atoms. The Morgan fingerprint density at radius 1 is 0.944 bits per heavy atom. The van der Waals surface area contributed by atoms with E-state index < -0.39 is 5.97 Å². The van der Waals surface area contributed by atoms with Crippen LogP contribution in [0.2, 0.25) is 0 Å². The van der Waals surface area contributed by atoms with Crippen LogP contribution in [0.1, 0.15) is 77.6 Å². The van der Waals surface area contributed by atoms with Crippen molar-refractivity contribution < 1.29 is 9.90 Å². The molecule has 18 heavy (non-hydrogen) atoms. The number of carbonyl (C=O) groups excluding carboxylic acids is 1. The molecule has 0 amide bonds. The summed E-state index contributed by atoms with van der Waals surface area (Å²) in [7, 11) is 0. The summed E-state index contributed by atoms with van der Waals surface area (Å²) in [5, 5.41) is 12.0. The molecule has 0 saturated heterocycles. The SMILES string of the molecule is CCCCC(CCCCCCCCCBr)C(=O)[O-]. The normalized spacial score (nSPS) is 12.6. The van der Waals surface area contributed by atoms with Crippen LogP contribution in [0.15, 0.2) is 0 Å². The molecule has 0 aliphatic carbocycles.